The molecule has 0 bridgehead atoms. The van der Waals surface area contributed by atoms with E-state index in [9.17, 15) is 4.79 Å². The van der Waals surface area contributed by atoms with Gasteiger partial charge in [-0.05, 0) is 6.07 Å². The molecule has 0 spiro atoms. The van der Waals surface area contributed by atoms with Crippen molar-refractivity contribution in [3.05, 3.63) is 36.0 Å². The maximum absolute atomic E-state index is 11.6. The first-order valence-corrected chi connectivity index (χ1v) is 3.70. The first-order valence-electron chi connectivity index (χ1n) is 3.70. The molecule has 0 aliphatic heterocycles. The fraction of sp³-hybridized carbons (Fsp3) is 0.125. The van der Waals surface area contributed by atoms with Crippen LogP contribution < -0.4 is 0 Å². The Labute approximate surface area is 74.0 Å². The summed E-state index contributed by atoms with van der Waals surface area (Å²) in [7, 11) is 1.67. The van der Waals surface area contributed by atoms with Crippen molar-refractivity contribution in [2.24, 2.45) is 7.05 Å². The minimum atomic E-state index is -0.138. The lowest BCUT2D eigenvalue weighted by molar-refractivity contribution is 0.102. The Morgan fingerprint density at radius 2 is 2.46 bits per heavy atom. The number of hydrogen-bond acceptors (Lipinski definition) is 4. The van der Waals surface area contributed by atoms with Gasteiger partial charge in [0, 0.05) is 7.05 Å². The van der Waals surface area contributed by atoms with Gasteiger partial charge in [-0.15, -0.1) is 5.10 Å². The Kier molecular flexibility index (Phi) is 1.70. The fourth-order valence-corrected chi connectivity index (χ4v) is 1.04. The van der Waals surface area contributed by atoms with E-state index in [4.69, 9.17) is 4.42 Å². The summed E-state index contributed by atoms with van der Waals surface area (Å²) in [6.07, 6.45) is 4.28. The predicted molar refractivity (Wildman–Crippen MR) is 43.1 cm³/mol. The Hall–Kier alpha value is -1.91. The molecule has 2 aromatic heterocycles. The number of rotatable bonds is 2. The van der Waals surface area contributed by atoms with Gasteiger partial charge in [0.15, 0.2) is 0 Å². The molecule has 0 aromatic carbocycles. The van der Waals surface area contributed by atoms with Crippen molar-refractivity contribution < 1.29 is 9.21 Å². The van der Waals surface area contributed by atoms with Gasteiger partial charge in [0.05, 0.1) is 18.0 Å². The Balaban J connectivity index is 2.39. The van der Waals surface area contributed by atoms with E-state index >= 15 is 0 Å². The van der Waals surface area contributed by atoms with E-state index in [0.29, 0.717) is 11.3 Å². The molecule has 5 nitrogen and oxygen atoms in total. The molecule has 0 amide bonds. The summed E-state index contributed by atoms with van der Waals surface area (Å²) in [6.45, 7) is 0. The lowest BCUT2D eigenvalue weighted by Gasteiger charge is -1.94. The second-order valence-corrected chi connectivity index (χ2v) is 2.58. The van der Waals surface area contributed by atoms with E-state index in [1.54, 1.807) is 13.1 Å². The van der Waals surface area contributed by atoms with Crippen LogP contribution in [-0.2, 0) is 7.05 Å². The van der Waals surface area contributed by atoms with Gasteiger partial charge in [-0.25, -0.2) is 4.68 Å². The zero-order valence-corrected chi connectivity index (χ0v) is 6.97. The molecule has 66 valence electrons. The molecule has 0 aliphatic carbocycles. The SMILES string of the molecule is Cn1nncc1C(=O)c1ccoc1. The number of nitrogens with zero attached hydrogens (tertiary/aromatic N) is 3. The van der Waals surface area contributed by atoms with Crippen molar-refractivity contribution in [2.75, 3.05) is 0 Å². The molecule has 0 aliphatic rings. The van der Waals surface area contributed by atoms with Crippen LogP contribution in [-0.4, -0.2) is 20.8 Å². The molecule has 0 saturated carbocycles. The lowest BCUT2D eigenvalue weighted by atomic mass is 10.2. The number of carbonyl (C=O) groups is 1. The van der Waals surface area contributed by atoms with Gasteiger partial charge in [0.2, 0.25) is 5.78 Å². The van der Waals surface area contributed by atoms with Crippen LogP contribution in [0.1, 0.15) is 16.1 Å². The Morgan fingerprint density at radius 1 is 1.62 bits per heavy atom. The third-order valence-corrected chi connectivity index (χ3v) is 1.73. The highest BCUT2D eigenvalue weighted by atomic mass is 16.3. The molecule has 5 heteroatoms. The highest BCUT2D eigenvalue weighted by molar-refractivity contribution is 6.07. The van der Waals surface area contributed by atoms with E-state index in [1.807, 2.05) is 0 Å². The average Bonchev–Trinajstić information content (AvgIpc) is 2.72. The van der Waals surface area contributed by atoms with Crippen LogP contribution in [0.3, 0.4) is 0 Å². The highest BCUT2D eigenvalue weighted by Crippen LogP contribution is 2.07. The zero-order valence-electron chi connectivity index (χ0n) is 6.97. The average molecular weight is 177 g/mol. The van der Waals surface area contributed by atoms with Crippen LogP contribution >= 0.6 is 0 Å². The zero-order chi connectivity index (χ0) is 9.26. The van der Waals surface area contributed by atoms with E-state index in [-0.39, 0.29) is 5.78 Å². The third-order valence-electron chi connectivity index (χ3n) is 1.73. The Morgan fingerprint density at radius 3 is 3.00 bits per heavy atom. The van der Waals surface area contributed by atoms with Crippen LogP contribution in [0, 0.1) is 0 Å². The van der Waals surface area contributed by atoms with Crippen LogP contribution in [0.15, 0.2) is 29.2 Å². The molecular weight excluding hydrogens is 170 g/mol. The van der Waals surface area contributed by atoms with Crippen molar-refractivity contribution in [3.8, 4) is 0 Å². The van der Waals surface area contributed by atoms with Crippen molar-refractivity contribution in [1.82, 2.24) is 15.0 Å². The summed E-state index contributed by atoms with van der Waals surface area (Å²) in [6, 6.07) is 1.61. The summed E-state index contributed by atoms with van der Waals surface area (Å²) < 4.78 is 6.23. The molecular formula is C8H7N3O2. The molecule has 13 heavy (non-hydrogen) atoms. The summed E-state index contributed by atoms with van der Waals surface area (Å²) >= 11 is 0. The van der Waals surface area contributed by atoms with Crippen LogP contribution in [0.2, 0.25) is 0 Å². The number of hydrogen-bond donors (Lipinski definition) is 0. The molecule has 0 radical (unpaired) electrons. The lowest BCUT2D eigenvalue weighted by Crippen LogP contribution is -2.06. The van der Waals surface area contributed by atoms with Gasteiger partial charge in [0.25, 0.3) is 0 Å². The van der Waals surface area contributed by atoms with Crippen molar-refractivity contribution in [1.29, 1.82) is 0 Å². The summed E-state index contributed by atoms with van der Waals surface area (Å²) in [5.74, 6) is -0.138. The Bertz CT molecular complexity index is 416. The molecule has 2 aromatic rings. The van der Waals surface area contributed by atoms with Gasteiger partial charge >= 0.3 is 0 Å². The fourth-order valence-electron chi connectivity index (χ4n) is 1.04. The molecule has 2 rings (SSSR count). The maximum Gasteiger partial charge on any atom is 0.215 e. The highest BCUT2D eigenvalue weighted by Gasteiger charge is 2.13. The summed E-state index contributed by atoms with van der Waals surface area (Å²) in [5.41, 5.74) is 0.951. The summed E-state index contributed by atoms with van der Waals surface area (Å²) in [4.78, 5) is 11.6. The predicted octanol–water partition coefficient (Wildman–Crippen LogP) is 0.639. The van der Waals surface area contributed by atoms with Gasteiger partial charge < -0.3 is 4.42 Å². The van der Waals surface area contributed by atoms with Crippen LogP contribution in [0.4, 0.5) is 0 Å². The van der Waals surface area contributed by atoms with Gasteiger partial charge in [-0.3, -0.25) is 4.79 Å². The quantitative estimate of drug-likeness (QED) is 0.631. The minimum absolute atomic E-state index is 0.138. The number of aromatic nitrogens is 3. The summed E-state index contributed by atoms with van der Waals surface area (Å²) in [5, 5.41) is 7.28. The van der Waals surface area contributed by atoms with Crippen LogP contribution in [0.5, 0.6) is 0 Å². The maximum atomic E-state index is 11.6. The number of ketones is 1. The third kappa shape index (κ3) is 1.24. The van der Waals surface area contributed by atoms with E-state index in [0.717, 1.165) is 0 Å². The number of carbonyl (C=O) groups excluding carboxylic acids is 1. The number of furan rings is 1. The molecule has 0 saturated heterocycles. The monoisotopic (exact) mass is 177 g/mol. The van der Waals surface area contributed by atoms with E-state index in [2.05, 4.69) is 10.3 Å². The van der Waals surface area contributed by atoms with E-state index in [1.165, 1.54) is 23.4 Å². The largest absolute Gasteiger partial charge is 0.472 e. The smallest absolute Gasteiger partial charge is 0.215 e. The molecule has 0 atom stereocenters. The van der Waals surface area contributed by atoms with Crippen LogP contribution in [0.25, 0.3) is 0 Å². The molecule has 2 heterocycles. The second kappa shape index (κ2) is 2.85. The van der Waals surface area contributed by atoms with Crippen molar-refractivity contribution in [3.63, 3.8) is 0 Å². The normalized spacial score (nSPS) is 10.2. The molecule has 0 fully saturated rings. The van der Waals surface area contributed by atoms with Gasteiger partial charge in [-0.1, -0.05) is 5.21 Å². The first kappa shape index (κ1) is 7.72. The minimum Gasteiger partial charge on any atom is -0.472 e. The molecule has 0 N–H and O–H groups in total. The van der Waals surface area contributed by atoms with Crippen molar-refractivity contribution >= 4 is 5.78 Å². The van der Waals surface area contributed by atoms with Gasteiger partial charge in [-0.2, -0.15) is 0 Å². The first-order chi connectivity index (χ1) is 6.29. The van der Waals surface area contributed by atoms with E-state index < -0.39 is 0 Å². The van der Waals surface area contributed by atoms with Gasteiger partial charge in [0.1, 0.15) is 12.0 Å². The second-order valence-electron chi connectivity index (χ2n) is 2.58. The molecule has 0 unspecified atom stereocenters. The topological polar surface area (TPSA) is 60.9 Å². The van der Waals surface area contributed by atoms with Crippen molar-refractivity contribution in [2.45, 2.75) is 0 Å². The standard InChI is InChI=1S/C8H7N3O2/c1-11-7(4-9-10-11)8(12)6-2-3-13-5-6/h2-5H,1H3. The number of aryl methyl sites for hydroxylation is 1.